The van der Waals surface area contributed by atoms with Gasteiger partial charge in [0.25, 0.3) is 0 Å². The number of nitrogens with one attached hydrogen (secondary N) is 1. The zero-order valence-corrected chi connectivity index (χ0v) is 18.2. The van der Waals surface area contributed by atoms with Gasteiger partial charge in [0, 0.05) is 19.6 Å². The monoisotopic (exact) mass is 417 g/mol. The van der Waals surface area contributed by atoms with Gasteiger partial charge in [-0.25, -0.2) is 8.42 Å². The maximum atomic E-state index is 12.9. The molecule has 0 saturated carbocycles. The van der Waals surface area contributed by atoms with Crippen molar-refractivity contribution in [2.75, 3.05) is 19.6 Å². The predicted octanol–water partition coefficient (Wildman–Crippen LogP) is 2.31. The number of hydrogen-bond donors (Lipinski definition) is 2. The van der Waals surface area contributed by atoms with E-state index in [1.54, 1.807) is 24.3 Å². The van der Waals surface area contributed by atoms with E-state index in [1.807, 2.05) is 27.7 Å². The SMILES string of the molecule is Cc1ccc(S(=O)(=O)N2CCCC(C(=O)NC(C)(CN)C(C)C)C2)cc1.Cl. The minimum absolute atomic E-state index is 0. The maximum Gasteiger partial charge on any atom is 0.243 e. The molecule has 1 aliphatic heterocycles. The van der Waals surface area contributed by atoms with Crippen LogP contribution in [-0.2, 0) is 14.8 Å². The number of nitrogens with zero attached hydrogens (tertiary/aromatic N) is 1. The summed E-state index contributed by atoms with van der Waals surface area (Å²) in [4.78, 5) is 13.0. The highest BCUT2D eigenvalue weighted by Crippen LogP contribution is 2.25. The first-order valence-corrected chi connectivity index (χ1v) is 10.6. The summed E-state index contributed by atoms with van der Waals surface area (Å²) in [6.45, 7) is 8.87. The number of amides is 1. The van der Waals surface area contributed by atoms with Gasteiger partial charge < -0.3 is 11.1 Å². The van der Waals surface area contributed by atoms with E-state index < -0.39 is 15.6 Å². The van der Waals surface area contributed by atoms with Gasteiger partial charge in [-0.3, -0.25) is 4.79 Å². The lowest BCUT2D eigenvalue weighted by Crippen LogP contribution is -2.58. The number of aryl methyl sites for hydroxylation is 1. The molecule has 1 amide bonds. The average molecular weight is 418 g/mol. The quantitative estimate of drug-likeness (QED) is 0.742. The van der Waals surface area contributed by atoms with E-state index in [2.05, 4.69) is 5.32 Å². The Hall–Kier alpha value is -1.15. The Balaban J connectivity index is 0.00000364. The van der Waals surface area contributed by atoms with Crippen LogP contribution >= 0.6 is 12.4 Å². The Bertz CT molecular complexity index is 737. The molecule has 2 atom stereocenters. The molecule has 154 valence electrons. The van der Waals surface area contributed by atoms with E-state index in [0.717, 1.165) is 5.56 Å². The summed E-state index contributed by atoms with van der Waals surface area (Å²) < 4.78 is 27.2. The third-order valence-corrected chi connectivity index (χ3v) is 7.40. The molecule has 0 aliphatic carbocycles. The molecule has 2 unspecified atom stereocenters. The number of rotatable bonds is 6. The van der Waals surface area contributed by atoms with Crippen molar-refractivity contribution in [3.05, 3.63) is 29.8 Å². The number of carbonyl (C=O) groups is 1. The van der Waals surface area contributed by atoms with Crippen LogP contribution in [0.1, 0.15) is 39.2 Å². The lowest BCUT2D eigenvalue weighted by atomic mass is 9.87. The molecule has 1 aliphatic rings. The standard InChI is InChI=1S/C19H31N3O3S.ClH/c1-14(2)19(4,13-20)21-18(23)16-6-5-11-22(12-16)26(24,25)17-9-7-15(3)8-10-17;/h7-10,14,16H,5-6,11-13,20H2,1-4H3,(H,21,23);1H. The number of hydrogen-bond acceptors (Lipinski definition) is 4. The maximum absolute atomic E-state index is 12.9. The van der Waals surface area contributed by atoms with E-state index in [0.29, 0.717) is 25.9 Å². The molecule has 1 heterocycles. The van der Waals surface area contributed by atoms with Gasteiger partial charge in [-0.05, 0) is 44.7 Å². The van der Waals surface area contributed by atoms with E-state index in [-0.39, 0.29) is 41.6 Å². The molecule has 2 rings (SSSR count). The molecule has 0 spiro atoms. The number of carbonyl (C=O) groups excluding carboxylic acids is 1. The number of nitrogens with two attached hydrogens (primary N) is 1. The van der Waals surface area contributed by atoms with Gasteiger partial charge in [0.1, 0.15) is 0 Å². The Labute approximate surface area is 169 Å². The largest absolute Gasteiger partial charge is 0.349 e. The summed E-state index contributed by atoms with van der Waals surface area (Å²) in [5.74, 6) is -0.281. The third kappa shape index (κ3) is 5.44. The normalized spacial score (nSPS) is 20.6. The molecule has 0 radical (unpaired) electrons. The van der Waals surface area contributed by atoms with Crippen LogP contribution in [0.4, 0.5) is 0 Å². The van der Waals surface area contributed by atoms with Crippen molar-refractivity contribution < 1.29 is 13.2 Å². The topological polar surface area (TPSA) is 92.5 Å². The molecule has 0 bridgehead atoms. The van der Waals surface area contributed by atoms with Gasteiger partial charge in [0.05, 0.1) is 16.4 Å². The predicted molar refractivity (Wildman–Crippen MR) is 110 cm³/mol. The van der Waals surface area contributed by atoms with E-state index >= 15 is 0 Å². The first-order valence-electron chi connectivity index (χ1n) is 9.19. The van der Waals surface area contributed by atoms with Gasteiger partial charge in [-0.2, -0.15) is 4.31 Å². The van der Waals surface area contributed by atoms with Crippen molar-refractivity contribution in [3.63, 3.8) is 0 Å². The Morgan fingerprint density at radius 1 is 1.33 bits per heavy atom. The molecule has 27 heavy (non-hydrogen) atoms. The second kappa shape index (κ2) is 9.37. The molecular weight excluding hydrogens is 386 g/mol. The van der Waals surface area contributed by atoms with Crippen LogP contribution in [0.5, 0.6) is 0 Å². The van der Waals surface area contributed by atoms with E-state index in [9.17, 15) is 13.2 Å². The van der Waals surface area contributed by atoms with Crippen LogP contribution in [0.3, 0.4) is 0 Å². The first-order chi connectivity index (χ1) is 12.1. The number of halogens is 1. The van der Waals surface area contributed by atoms with E-state index in [4.69, 9.17) is 5.73 Å². The van der Waals surface area contributed by atoms with Crippen LogP contribution in [0, 0.1) is 18.8 Å². The number of benzene rings is 1. The minimum atomic E-state index is -3.58. The average Bonchev–Trinajstić information content (AvgIpc) is 2.61. The Morgan fingerprint density at radius 2 is 1.93 bits per heavy atom. The summed E-state index contributed by atoms with van der Waals surface area (Å²) in [5, 5.41) is 3.05. The molecule has 1 fully saturated rings. The van der Waals surface area contributed by atoms with Crippen LogP contribution < -0.4 is 11.1 Å². The highest BCUT2D eigenvalue weighted by atomic mass is 35.5. The van der Waals surface area contributed by atoms with Crippen molar-refractivity contribution in [1.29, 1.82) is 0 Å². The summed E-state index contributed by atoms with van der Waals surface area (Å²) >= 11 is 0. The van der Waals surface area contributed by atoms with Crippen LogP contribution in [0.25, 0.3) is 0 Å². The van der Waals surface area contributed by atoms with Crippen LogP contribution in [0.2, 0.25) is 0 Å². The number of sulfonamides is 1. The highest BCUT2D eigenvalue weighted by molar-refractivity contribution is 7.89. The summed E-state index contributed by atoms with van der Waals surface area (Å²) in [6, 6.07) is 6.82. The molecule has 0 aromatic heterocycles. The van der Waals surface area contributed by atoms with Gasteiger partial charge in [-0.1, -0.05) is 31.5 Å². The van der Waals surface area contributed by atoms with Crippen LogP contribution in [0.15, 0.2) is 29.2 Å². The minimum Gasteiger partial charge on any atom is -0.349 e. The lowest BCUT2D eigenvalue weighted by molar-refractivity contribution is -0.128. The molecule has 8 heteroatoms. The van der Waals surface area contributed by atoms with Crippen molar-refractivity contribution in [1.82, 2.24) is 9.62 Å². The van der Waals surface area contributed by atoms with Gasteiger partial charge in [-0.15, -0.1) is 12.4 Å². The fourth-order valence-electron chi connectivity index (χ4n) is 3.05. The molecule has 1 aromatic rings. The summed E-state index contributed by atoms with van der Waals surface area (Å²) in [5.41, 5.74) is 6.37. The fraction of sp³-hybridized carbons (Fsp3) is 0.632. The zero-order chi connectivity index (χ0) is 19.5. The smallest absolute Gasteiger partial charge is 0.243 e. The number of piperidine rings is 1. The molecular formula is C19H32ClN3O3S. The third-order valence-electron chi connectivity index (χ3n) is 5.52. The fourth-order valence-corrected chi connectivity index (χ4v) is 4.57. The highest BCUT2D eigenvalue weighted by Gasteiger charge is 2.36. The molecule has 6 nitrogen and oxygen atoms in total. The molecule has 3 N–H and O–H groups in total. The van der Waals surface area contributed by atoms with E-state index in [1.165, 1.54) is 4.31 Å². The summed E-state index contributed by atoms with van der Waals surface area (Å²) in [6.07, 6.45) is 1.36. The van der Waals surface area contributed by atoms with Crippen molar-refractivity contribution in [2.45, 2.75) is 51.0 Å². The van der Waals surface area contributed by atoms with Crippen LogP contribution in [-0.4, -0.2) is 43.8 Å². The first kappa shape index (κ1) is 23.9. The molecule has 1 aromatic carbocycles. The second-order valence-electron chi connectivity index (χ2n) is 7.78. The Morgan fingerprint density at radius 3 is 2.44 bits per heavy atom. The Kier molecular flexibility index (Phi) is 8.29. The van der Waals surface area contributed by atoms with Crippen molar-refractivity contribution >= 4 is 28.3 Å². The van der Waals surface area contributed by atoms with Gasteiger partial charge in [0.2, 0.25) is 15.9 Å². The van der Waals surface area contributed by atoms with Crippen molar-refractivity contribution in [3.8, 4) is 0 Å². The summed E-state index contributed by atoms with van der Waals surface area (Å²) in [7, 11) is -3.58. The lowest BCUT2D eigenvalue weighted by Gasteiger charge is -2.37. The zero-order valence-electron chi connectivity index (χ0n) is 16.6. The van der Waals surface area contributed by atoms with Gasteiger partial charge >= 0.3 is 0 Å². The van der Waals surface area contributed by atoms with Crippen molar-refractivity contribution in [2.24, 2.45) is 17.6 Å². The molecule has 1 saturated heterocycles. The second-order valence-corrected chi connectivity index (χ2v) is 9.72. The van der Waals surface area contributed by atoms with Gasteiger partial charge in [0.15, 0.2) is 0 Å².